The van der Waals surface area contributed by atoms with Gasteiger partial charge in [0.05, 0.1) is 13.2 Å². The molecular formula is C22H31N3O5. The molecule has 3 amide bonds. The van der Waals surface area contributed by atoms with Crippen molar-refractivity contribution in [3.05, 3.63) is 41.5 Å². The smallest absolute Gasteiger partial charge is 0.407 e. The predicted molar refractivity (Wildman–Crippen MR) is 114 cm³/mol. The third-order valence-corrected chi connectivity index (χ3v) is 4.19. The number of ether oxygens (including phenoxy) is 2. The average Bonchev–Trinajstić information content (AvgIpc) is 2.67. The van der Waals surface area contributed by atoms with Crippen LogP contribution in [0.15, 0.2) is 35.9 Å². The van der Waals surface area contributed by atoms with Crippen LogP contribution >= 0.6 is 0 Å². The maximum Gasteiger partial charge on any atom is 0.407 e. The van der Waals surface area contributed by atoms with Crippen LogP contribution in [0.2, 0.25) is 0 Å². The number of alkyl carbamates (subject to hydrolysis) is 1. The zero-order valence-corrected chi connectivity index (χ0v) is 17.9. The average molecular weight is 418 g/mol. The maximum atomic E-state index is 12.0. The van der Waals surface area contributed by atoms with E-state index in [9.17, 15) is 14.4 Å². The fourth-order valence-electron chi connectivity index (χ4n) is 2.73. The van der Waals surface area contributed by atoms with Crippen LogP contribution in [0.5, 0.6) is 0 Å². The number of amides is 3. The molecule has 1 fully saturated rings. The van der Waals surface area contributed by atoms with E-state index in [2.05, 4.69) is 16.0 Å². The molecule has 0 unspecified atom stereocenters. The zero-order valence-electron chi connectivity index (χ0n) is 17.9. The number of rotatable bonds is 7. The summed E-state index contributed by atoms with van der Waals surface area (Å²) in [7, 11) is 0. The Hall–Kier alpha value is -2.87. The van der Waals surface area contributed by atoms with Crippen LogP contribution in [0, 0.1) is 0 Å². The molecule has 0 bridgehead atoms. The first kappa shape index (κ1) is 23.4. The molecule has 1 aliphatic heterocycles. The molecular weight excluding hydrogens is 386 g/mol. The quantitative estimate of drug-likeness (QED) is 0.592. The van der Waals surface area contributed by atoms with Crippen molar-refractivity contribution >= 4 is 23.6 Å². The molecule has 0 aliphatic carbocycles. The van der Waals surface area contributed by atoms with Crippen LogP contribution in [-0.4, -0.2) is 43.3 Å². The van der Waals surface area contributed by atoms with Crippen LogP contribution in [0.3, 0.4) is 0 Å². The summed E-state index contributed by atoms with van der Waals surface area (Å²) in [6, 6.07) is 7.24. The van der Waals surface area contributed by atoms with Gasteiger partial charge < -0.3 is 25.4 Å². The van der Waals surface area contributed by atoms with Crippen molar-refractivity contribution in [2.24, 2.45) is 0 Å². The number of nitrogens with one attached hydrogen (secondary N) is 3. The Morgan fingerprint density at radius 3 is 2.37 bits per heavy atom. The highest BCUT2D eigenvalue weighted by molar-refractivity contribution is 5.91. The van der Waals surface area contributed by atoms with Gasteiger partial charge >= 0.3 is 6.09 Å². The van der Waals surface area contributed by atoms with E-state index in [0.717, 1.165) is 24.0 Å². The highest BCUT2D eigenvalue weighted by atomic mass is 16.6. The van der Waals surface area contributed by atoms with Gasteiger partial charge in [-0.1, -0.05) is 17.7 Å². The van der Waals surface area contributed by atoms with Crippen molar-refractivity contribution in [3.8, 4) is 0 Å². The van der Waals surface area contributed by atoms with E-state index in [1.807, 2.05) is 12.1 Å². The summed E-state index contributed by atoms with van der Waals surface area (Å²) in [5.41, 5.74) is 2.11. The highest BCUT2D eigenvalue weighted by Crippen LogP contribution is 2.13. The van der Waals surface area contributed by atoms with E-state index in [-0.39, 0.29) is 24.8 Å². The summed E-state index contributed by atoms with van der Waals surface area (Å²) < 4.78 is 10.4. The van der Waals surface area contributed by atoms with Crippen LogP contribution in [-0.2, 0) is 25.6 Å². The summed E-state index contributed by atoms with van der Waals surface area (Å²) in [5.74, 6) is -0.322. The fraction of sp³-hybridized carbons (Fsp3) is 0.500. The second-order valence-corrected chi connectivity index (χ2v) is 8.06. The summed E-state index contributed by atoms with van der Waals surface area (Å²) in [6.07, 6.45) is 2.85. The molecule has 1 aromatic carbocycles. The minimum Gasteiger partial charge on any atom is -0.444 e. The topological polar surface area (TPSA) is 106 Å². The van der Waals surface area contributed by atoms with Gasteiger partial charge in [0.2, 0.25) is 11.8 Å². The summed E-state index contributed by atoms with van der Waals surface area (Å²) >= 11 is 0. The van der Waals surface area contributed by atoms with Crippen molar-refractivity contribution in [2.45, 2.75) is 52.2 Å². The first-order valence-corrected chi connectivity index (χ1v) is 10.1. The van der Waals surface area contributed by atoms with Gasteiger partial charge in [-0.3, -0.25) is 9.59 Å². The number of carbonyl (C=O) groups is 3. The number of carbonyl (C=O) groups excluding carboxylic acids is 3. The zero-order chi connectivity index (χ0) is 22.0. The molecule has 8 heteroatoms. The largest absolute Gasteiger partial charge is 0.444 e. The van der Waals surface area contributed by atoms with E-state index in [1.165, 1.54) is 0 Å². The first-order chi connectivity index (χ1) is 14.2. The summed E-state index contributed by atoms with van der Waals surface area (Å²) in [4.78, 5) is 35.5. The van der Waals surface area contributed by atoms with Crippen LogP contribution in [0.25, 0.3) is 0 Å². The third-order valence-electron chi connectivity index (χ3n) is 4.19. The molecule has 0 spiro atoms. The fourth-order valence-corrected chi connectivity index (χ4v) is 2.73. The van der Waals surface area contributed by atoms with Gasteiger partial charge in [0, 0.05) is 31.3 Å². The summed E-state index contributed by atoms with van der Waals surface area (Å²) in [5, 5.41) is 8.18. The molecule has 0 saturated carbocycles. The lowest BCUT2D eigenvalue weighted by molar-refractivity contribution is -0.117. The SMILES string of the molecule is CC(C)(C)OC(=O)NCCC(=O)Nc1ccc(CNC(=O)C=C2CCOCC2)cc1. The van der Waals surface area contributed by atoms with Crippen molar-refractivity contribution in [2.75, 3.05) is 25.1 Å². The van der Waals surface area contributed by atoms with Gasteiger partial charge in [-0.2, -0.15) is 0 Å². The Kier molecular flexibility index (Phi) is 8.86. The lowest BCUT2D eigenvalue weighted by atomic mass is 10.1. The second-order valence-electron chi connectivity index (χ2n) is 8.06. The molecule has 1 aliphatic rings. The van der Waals surface area contributed by atoms with E-state index in [1.54, 1.807) is 39.0 Å². The third kappa shape index (κ3) is 9.56. The Morgan fingerprint density at radius 1 is 1.07 bits per heavy atom. The molecule has 0 radical (unpaired) electrons. The lowest BCUT2D eigenvalue weighted by Gasteiger charge is -2.19. The number of hydrogen-bond acceptors (Lipinski definition) is 5. The lowest BCUT2D eigenvalue weighted by Crippen LogP contribution is -2.34. The van der Waals surface area contributed by atoms with Crippen molar-refractivity contribution in [1.82, 2.24) is 10.6 Å². The highest BCUT2D eigenvalue weighted by Gasteiger charge is 2.16. The molecule has 2 rings (SSSR count). The minimum absolute atomic E-state index is 0.109. The molecule has 1 aromatic rings. The van der Waals surface area contributed by atoms with E-state index in [0.29, 0.717) is 25.4 Å². The van der Waals surface area contributed by atoms with Gasteiger partial charge in [-0.15, -0.1) is 0 Å². The second kappa shape index (κ2) is 11.3. The molecule has 0 aromatic heterocycles. The Bertz CT molecular complexity index is 758. The molecule has 1 heterocycles. The van der Waals surface area contributed by atoms with Crippen molar-refractivity contribution < 1.29 is 23.9 Å². The standard InChI is InChI=1S/C22H31N3O5/c1-22(2,3)30-21(28)23-11-8-19(26)25-18-6-4-17(5-7-18)15-24-20(27)14-16-9-12-29-13-10-16/h4-7,14H,8-13,15H2,1-3H3,(H,23,28)(H,24,27)(H,25,26). The Balaban J connectivity index is 1.69. The Morgan fingerprint density at radius 2 is 1.73 bits per heavy atom. The number of hydrogen-bond donors (Lipinski definition) is 3. The van der Waals surface area contributed by atoms with E-state index >= 15 is 0 Å². The van der Waals surface area contributed by atoms with Gasteiger partial charge in [-0.25, -0.2) is 4.79 Å². The van der Waals surface area contributed by atoms with Crippen LogP contribution in [0.4, 0.5) is 10.5 Å². The number of benzene rings is 1. The molecule has 0 atom stereocenters. The van der Waals surface area contributed by atoms with Crippen LogP contribution in [0.1, 0.15) is 45.6 Å². The van der Waals surface area contributed by atoms with E-state index in [4.69, 9.17) is 9.47 Å². The van der Waals surface area contributed by atoms with Gasteiger partial charge in [0.15, 0.2) is 0 Å². The molecule has 3 N–H and O–H groups in total. The Labute approximate surface area is 177 Å². The van der Waals surface area contributed by atoms with Gasteiger partial charge in [0.25, 0.3) is 0 Å². The molecule has 164 valence electrons. The van der Waals surface area contributed by atoms with E-state index < -0.39 is 11.7 Å². The maximum absolute atomic E-state index is 12.0. The molecule has 8 nitrogen and oxygen atoms in total. The van der Waals surface area contributed by atoms with Crippen molar-refractivity contribution in [1.29, 1.82) is 0 Å². The molecule has 1 saturated heterocycles. The normalized spacial score (nSPS) is 13.9. The van der Waals surface area contributed by atoms with Gasteiger partial charge in [-0.05, 0) is 51.3 Å². The molecule has 30 heavy (non-hydrogen) atoms. The first-order valence-electron chi connectivity index (χ1n) is 10.1. The summed E-state index contributed by atoms with van der Waals surface area (Å²) in [6.45, 7) is 7.26. The van der Waals surface area contributed by atoms with Crippen molar-refractivity contribution in [3.63, 3.8) is 0 Å². The monoisotopic (exact) mass is 417 g/mol. The minimum atomic E-state index is -0.574. The van der Waals surface area contributed by atoms with Gasteiger partial charge in [0.1, 0.15) is 5.60 Å². The predicted octanol–water partition coefficient (Wildman–Crippen LogP) is 2.89. The van der Waals surface area contributed by atoms with Crippen LogP contribution < -0.4 is 16.0 Å². The number of anilines is 1.